The molecule has 1 unspecified atom stereocenters. The monoisotopic (exact) mass is 309 g/mol. The molecule has 21 heavy (non-hydrogen) atoms. The first-order valence-electron chi connectivity index (χ1n) is 7.27. The van der Waals surface area contributed by atoms with Gasteiger partial charge in [0.25, 0.3) is 0 Å². The number of thioether (sulfide) groups is 1. The Morgan fingerprint density at radius 2 is 2.05 bits per heavy atom. The van der Waals surface area contributed by atoms with Crippen molar-refractivity contribution < 1.29 is 4.48 Å². The smallest absolute Gasteiger partial charge is 0.0364 e. The second-order valence-corrected chi connectivity index (χ2v) is 6.47. The average molecular weight is 309 g/mol. The molecule has 0 aromatic rings. The van der Waals surface area contributed by atoms with Gasteiger partial charge in [0.05, 0.1) is 0 Å². The number of allylic oxidation sites excluding steroid dienone is 7. The number of hydrogen-bond acceptors (Lipinski definition) is 2. The highest BCUT2D eigenvalue weighted by atomic mass is 32.2. The number of rotatable bonds is 12. The Kier molecular flexibility index (Phi) is 11.8. The quantitative estimate of drug-likeness (QED) is 0.265. The van der Waals surface area contributed by atoms with Gasteiger partial charge in [0.2, 0.25) is 0 Å². The summed E-state index contributed by atoms with van der Waals surface area (Å²) in [6.45, 7) is 15.4. The fourth-order valence-electron chi connectivity index (χ4n) is 1.99. The molecule has 1 N–H and O–H groups in total. The van der Waals surface area contributed by atoms with Gasteiger partial charge in [0.1, 0.15) is 0 Å². The zero-order chi connectivity index (χ0) is 16.1. The lowest BCUT2D eigenvalue weighted by Crippen LogP contribution is -2.07. The molecule has 0 spiro atoms. The minimum atomic E-state index is 0.265. The molecule has 1 atom stereocenters. The van der Waals surface area contributed by atoms with E-state index < -0.39 is 0 Å². The normalized spacial score (nSPS) is 13.2. The van der Waals surface area contributed by atoms with E-state index in [4.69, 9.17) is 0 Å². The Hall–Kier alpha value is -1.22. The summed E-state index contributed by atoms with van der Waals surface area (Å²) < 4.78 is 12.4. The first-order valence-corrected chi connectivity index (χ1v) is 8.26. The van der Waals surface area contributed by atoms with Crippen LogP contribution in [0.5, 0.6) is 0 Å². The highest BCUT2D eigenvalue weighted by Crippen LogP contribution is 2.23. The van der Waals surface area contributed by atoms with Gasteiger partial charge in [-0.05, 0) is 50.4 Å². The molecule has 0 saturated carbocycles. The van der Waals surface area contributed by atoms with E-state index in [0.717, 1.165) is 29.9 Å². The summed E-state index contributed by atoms with van der Waals surface area (Å²) in [5.41, 5.74) is 3.40. The third-order valence-electron chi connectivity index (χ3n) is 3.02. The highest BCUT2D eigenvalue weighted by Gasteiger charge is 2.09. The topological polar surface area (TPSA) is 12.0 Å². The van der Waals surface area contributed by atoms with Gasteiger partial charge in [0.15, 0.2) is 0 Å². The molecule has 0 aromatic heterocycles. The van der Waals surface area contributed by atoms with E-state index in [9.17, 15) is 4.48 Å². The number of hydrogen-bond donors (Lipinski definition) is 1. The summed E-state index contributed by atoms with van der Waals surface area (Å²) in [6, 6.07) is 0. The molecule has 0 aromatic carbocycles. The van der Waals surface area contributed by atoms with Crippen molar-refractivity contribution in [2.75, 3.05) is 5.75 Å². The van der Waals surface area contributed by atoms with Crippen LogP contribution >= 0.6 is 11.8 Å². The maximum Gasteiger partial charge on any atom is 0.0364 e. The third-order valence-corrected chi connectivity index (χ3v) is 3.96. The first kappa shape index (κ1) is 19.8. The fourth-order valence-corrected chi connectivity index (χ4v) is 2.60. The van der Waals surface area contributed by atoms with Gasteiger partial charge in [-0.1, -0.05) is 43.0 Å². The molecule has 0 heterocycles. The van der Waals surface area contributed by atoms with Crippen LogP contribution in [0.4, 0.5) is 4.48 Å². The molecule has 3 heteroatoms. The van der Waals surface area contributed by atoms with Crippen molar-refractivity contribution in [2.24, 2.45) is 5.92 Å². The molecule has 0 bridgehead atoms. The van der Waals surface area contributed by atoms with Crippen LogP contribution in [0.2, 0.25) is 0 Å². The van der Waals surface area contributed by atoms with Gasteiger partial charge >= 0.3 is 0 Å². The van der Waals surface area contributed by atoms with Crippen molar-refractivity contribution in [3.63, 3.8) is 0 Å². The molecule has 0 aliphatic rings. The molecule has 0 amide bonds. The molecule has 118 valence electrons. The Labute approximate surface area is 133 Å². The first-order chi connectivity index (χ1) is 10.0. The Morgan fingerprint density at radius 1 is 1.33 bits per heavy atom. The summed E-state index contributed by atoms with van der Waals surface area (Å²) in [5, 5.41) is 0. The minimum Gasteiger partial charge on any atom is -0.229 e. The third kappa shape index (κ3) is 11.1. The van der Waals surface area contributed by atoms with Crippen molar-refractivity contribution >= 4 is 11.8 Å². The van der Waals surface area contributed by atoms with Gasteiger partial charge in [0, 0.05) is 11.4 Å². The molecule has 0 aliphatic carbocycles. The SMILES string of the molecule is C=CC/C(=C\C)CC(/C=C/CCSC(=C)C)CC(=C)NF. The van der Waals surface area contributed by atoms with Crippen molar-refractivity contribution in [2.45, 2.75) is 39.5 Å². The minimum absolute atomic E-state index is 0.265. The van der Waals surface area contributed by atoms with Crippen LogP contribution in [0.25, 0.3) is 0 Å². The van der Waals surface area contributed by atoms with E-state index in [-0.39, 0.29) is 5.92 Å². The van der Waals surface area contributed by atoms with Gasteiger partial charge in [-0.3, -0.25) is 0 Å². The van der Waals surface area contributed by atoms with Crippen LogP contribution in [0.1, 0.15) is 39.5 Å². The molecule has 0 fully saturated rings. The van der Waals surface area contributed by atoms with E-state index in [2.05, 4.69) is 38.0 Å². The van der Waals surface area contributed by atoms with Gasteiger partial charge in [-0.25, -0.2) is 5.54 Å². The van der Waals surface area contributed by atoms with E-state index >= 15 is 0 Å². The van der Waals surface area contributed by atoms with Crippen LogP contribution in [0.15, 0.2) is 60.2 Å². The van der Waals surface area contributed by atoms with E-state index in [1.54, 1.807) is 17.3 Å². The predicted octanol–water partition coefficient (Wildman–Crippen LogP) is 6.11. The van der Waals surface area contributed by atoms with Gasteiger partial charge < -0.3 is 0 Å². The summed E-state index contributed by atoms with van der Waals surface area (Å²) in [5.74, 6) is 1.30. The zero-order valence-corrected chi connectivity index (χ0v) is 14.1. The standard InChI is InChI=1S/C18H28FNS/c1-6-10-17(7-2)14-18(13-16(5)20-19)11-8-9-12-21-15(3)4/h6-8,11,18,20H,1,3,5,9-10,12-14H2,2,4H3/b11-8+,17-7+. The number of nitrogens with one attached hydrogen (secondary N) is 1. The molecule has 0 rings (SSSR count). The maximum absolute atomic E-state index is 12.4. The van der Waals surface area contributed by atoms with E-state index in [1.165, 1.54) is 5.57 Å². The molecular formula is C18H28FNS. The van der Waals surface area contributed by atoms with Crippen molar-refractivity contribution in [1.82, 2.24) is 5.54 Å². The van der Waals surface area contributed by atoms with Gasteiger partial charge in [-0.15, -0.1) is 22.8 Å². The van der Waals surface area contributed by atoms with E-state index in [1.807, 2.05) is 19.9 Å². The van der Waals surface area contributed by atoms with E-state index in [0.29, 0.717) is 12.1 Å². The summed E-state index contributed by atoms with van der Waals surface area (Å²) in [7, 11) is 0. The van der Waals surface area contributed by atoms with Crippen molar-refractivity contribution in [3.8, 4) is 0 Å². The molecule has 0 saturated heterocycles. The average Bonchev–Trinajstić information content (AvgIpc) is 2.45. The van der Waals surface area contributed by atoms with Crippen LogP contribution in [0, 0.1) is 5.92 Å². The summed E-state index contributed by atoms with van der Waals surface area (Å²) in [6.07, 6.45) is 11.8. The van der Waals surface area contributed by atoms with Crippen molar-refractivity contribution in [1.29, 1.82) is 0 Å². The predicted molar refractivity (Wildman–Crippen MR) is 95.7 cm³/mol. The largest absolute Gasteiger partial charge is 0.229 e. The second-order valence-electron chi connectivity index (χ2n) is 5.07. The van der Waals surface area contributed by atoms with Crippen LogP contribution in [-0.2, 0) is 0 Å². The van der Waals surface area contributed by atoms with Crippen LogP contribution < -0.4 is 5.54 Å². The lowest BCUT2D eigenvalue weighted by atomic mass is 9.92. The molecular weight excluding hydrogens is 281 g/mol. The van der Waals surface area contributed by atoms with Crippen molar-refractivity contribution in [3.05, 3.63) is 60.2 Å². The molecule has 0 aliphatic heterocycles. The lowest BCUT2D eigenvalue weighted by Gasteiger charge is -2.15. The zero-order valence-electron chi connectivity index (χ0n) is 13.3. The fraction of sp³-hybridized carbons (Fsp3) is 0.444. The molecule has 0 radical (unpaired) electrons. The Balaban J connectivity index is 4.50. The maximum atomic E-state index is 12.4. The Bertz CT molecular complexity index is 396. The summed E-state index contributed by atoms with van der Waals surface area (Å²) >= 11 is 1.77. The second kappa shape index (κ2) is 12.5. The van der Waals surface area contributed by atoms with Gasteiger partial charge in [-0.2, -0.15) is 0 Å². The van der Waals surface area contributed by atoms with Crippen LogP contribution in [0.3, 0.4) is 0 Å². The van der Waals surface area contributed by atoms with Crippen LogP contribution in [-0.4, -0.2) is 5.75 Å². The lowest BCUT2D eigenvalue weighted by molar-refractivity contribution is 0.368. The Morgan fingerprint density at radius 3 is 2.57 bits per heavy atom. The highest BCUT2D eigenvalue weighted by molar-refractivity contribution is 8.03. The summed E-state index contributed by atoms with van der Waals surface area (Å²) in [4.78, 5) is 1.14. The molecule has 1 nitrogen and oxygen atoms in total. The number of halogens is 1.